The zero-order valence-corrected chi connectivity index (χ0v) is 15.9. The molecule has 0 aliphatic heterocycles. The lowest BCUT2D eigenvalue weighted by Crippen LogP contribution is -2.32. The average molecular weight is 372 g/mol. The zero-order valence-electron chi connectivity index (χ0n) is 15.0. The van der Waals surface area contributed by atoms with Gasteiger partial charge in [-0.25, -0.2) is 9.78 Å². The summed E-state index contributed by atoms with van der Waals surface area (Å²) in [5, 5.41) is 14.9. The lowest BCUT2D eigenvalue weighted by Gasteiger charge is -2.19. The van der Waals surface area contributed by atoms with E-state index in [0.717, 1.165) is 0 Å². The van der Waals surface area contributed by atoms with E-state index in [2.05, 4.69) is 15.6 Å². The number of hydrogen-bond donors (Lipinski definition) is 2. The van der Waals surface area contributed by atoms with E-state index in [4.69, 9.17) is 10.00 Å². The van der Waals surface area contributed by atoms with Crippen LogP contribution in [0.25, 0.3) is 0 Å². The van der Waals surface area contributed by atoms with Crippen molar-refractivity contribution in [1.82, 2.24) is 10.3 Å². The first kappa shape index (κ1) is 19.4. The van der Waals surface area contributed by atoms with Crippen LogP contribution in [0.5, 0.6) is 0 Å². The molecule has 0 saturated carbocycles. The number of alkyl carbamates (subject to hydrolysis) is 1. The Bertz CT molecular complexity index is 862. The lowest BCUT2D eigenvalue weighted by atomic mass is 10.2. The number of rotatable bonds is 4. The Balaban J connectivity index is 2.01. The van der Waals surface area contributed by atoms with Gasteiger partial charge in [-0.3, -0.25) is 4.79 Å². The van der Waals surface area contributed by atoms with Crippen LogP contribution in [0, 0.1) is 18.3 Å². The molecule has 0 aliphatic carbocycles. The molecule has 1 aromatic carbocycles. The summed E-state index contributed by atoms with van der Waals surface area (Å²) in [5.74, 6) is -0.307. The van der Waals surface area contributed by atoms with Crippen molar-refractivity contribution in [2.24, 2.45) is 0 Å². The molecule has 2 aromatic rings. The van der Waals surface area contributed by atoms with Crippen molar-refractivity contribution < 1.29 is 14.3 Å². The highest BCUT2D eigenvalue weighted by Gasteiger charge is 2.18. The highest BCUT2D eigenvalue weighted by Crippen LogP contribution is 2.20. The van der Waals surface area contributed by atoms with Crippen molar-refractivity contribution in [2.45, 2.75) is 39.8 Å². The maximum absolute atomic E-state index is 12.4. The minimum absolute atomic E-state index is 0.178. The second-order valence-corrected chi connectivity index (χ2v) is 7.61. The van der Waals surface area contributed by atoms with Gasteiger partial charge in [-0.1, -0.05) is 6.07 Å². The molecule has 1 heterocycles. The summed E-state index contributed by atoms with van der Waals surface area (Å²) < 4.78 is 5.17. The molecule has 0 aliphatic rings. The predicted molar refractivity (Wildman–Crippen MR) is 99.0 cm³/mol. The Kier molecular flexibility index (Phi) is 5.95. The monoisotopic (exact) mass is 372 g/mol. The minimum atomic E-state index is -0.577. The van der Waals surface area contributed by atoms with Crippen LogP contribution in [-0.2, 0) is 11.3 Å². The van der Waals surface area contributed by atoms with Gasteiger partial charge >= 0.3 is 6.09 Å². The molecular formula is C18H20N4O3S. The average Bonchev–Trinajstić information content (AvgIpc) is 2.92. The molecule has 1 aromatic heterocycles. The van der Waals surface area contributed by atoms with E-state index >= 15 is 0 Å². The molecular weight excluding hydrogens is 352 g/mol. The number of amides is 2. The topological polar surface area (TPSA) is 104 Å². The molecule has 0 fully saturated rings. The number of nitrogens with one attached hydrogen (secondary N) is 2. The normalized spacial score (nSPS) is 10.7. The van der Waals surface area contributed by atoms with Crippen LogP contribution in [-0.4, -0.2) is 22.6 Å². The highest BCUT2D eigenvalue weighted by atomic mass is 32.1. The number of aromatic nitrogens is 1. The largest absolute Gasteiger partial charge is 0.444 e. The highest BCUT2D eigenvalue weighted by molar-refractivity contribution is 7.13. The van der Waals surface area contributed by atoms with Gasteiger partial charge in [0.2, 0.25) is 0 Å². The van der Waals surface area contributed by atoms with Gasteiger partial charge < -0.3 is 15.4 Å². The number of benzene rings is 1. The molecule has 8 heteroatoms. The Morgan fingerprint density at radius 1 is 1.35 bits per heavy atom. The zero-order chi connectivity index (χ0) is 19.3. The maximum atomic E-state index is 12.4. The second-order valence-electron chi connectivity index (χ2n) is 6.52. The first-order chi connectivity index (χ1) is 12.2. The summed E-state index contributed by atoms with van der Waals surface area (Å²) in [4.78, 5) is 28.9. The van der Waals surface area contributed by atoms with Gasteiger partial charge in [0.05, 0.1) is 23.9 Å². The number of carbonyl (C=O) groups is 2. The maximum Gasteiger partial charge on any atom is 0.408 e. The molecule has 0 bridgehead atoms. The summed E-state index contributed by atoms with van der Waals surface area (Å²) >= 11 is 1.20. The van der Waals surface area contributed by atoms with Crippen molar-refractivity contribution in [1.29, 1.82) is 5.26 Å². The molecule has 136 valence electrons. The number of carbonyl (C=O) groups excluding carboxylic acids is 2. The molecule has 0 radical (unpaired) electrons. The lowest BCUT2D eigenvalue weighted by molar-refractivity contribution is 0.0523. The first-order valence-corrected chi connectivity index (χ1v) is 8.74. The van der Waals surface area contributed by atoms with Crippen molar-refractivity contribution in [2.75, 3.05) is 5.32 Å². The van der Waals surface area contributed by atoms with Crippen LogP contribution < -0.4 is 10.6 Å². The van der Waals surface area contributed by atoms with Gasteiger partial charge in [0, 0.05) is 5.69 Å². The van der Waals surface area contributed by atoms with Crippen molar-refractivity contribution in [3.63, 3.8) is 0 Å². The first-order valence-electron chi connectivity index (χ1n) is 7.92. The Morgan fingerprint density at radius 2 is 2.08 bits per heavy atom. The molecule has 0 spiro atoms. The van der Waals surface area contributed by atoms with E-state index in [1.165, 1.54) is 11.3 Å². The Labute approximate surface area is 156 Å². The number of nitrogens with zero attached hydrogens (tertiary/aromatic N) is 2. The van der Waals surface area contributed by atoms with Crippen LogP contribution in [0.1, 0.15) is 46.7 Å². The van der Waals surface area contributed by atoms with Gasteiger partial charge in [0.25, 0.3) is 5.91 Å². The third-order valence-corrected chi connectivity index (χ3v) is 4.24. The molecule has 2 amide bonds. The summed E-state index contributed by atoms with van der Waals surface area (Å²) in [6, 6.07) is 8.69. The molecule has 26 heavy (non-hydrogen) atoms. The van der Waals surface area contributed by atoms with E-state index < -0.39 is 11.7 Å². The van der Waals surface area contributed by atoms with Crippen molar-refractivity contribution in [3.05, 3.63) is 45.4 Å². The molecule has 7 nitrogen and oxygen atoms in total. The number of aryl methyl sites for hydroxylation is 1. The Morgan fingerprint density at radius 3 is 2.73 bits per heavy atom. The van der Waals surface area contributed by atoms with Gasteiger partial charge in [-0.15, -0.1) is 11.3 Å². The quantitative estimate of drug-likeness (QED) is 0.853. The van der Waals surface area contributed by atoms with Crippen LogP contribution in [0.4, 0.5) is 10.5 Å². The van der Waals surface area contributed by atoms with Gasteiger partial charge in [-0.05, 0) is 45.9 Å². The van der Waals surface area contributed by atoms with E-state index in [1.54, 1.807) is 52.0 Å². The van der Waals surface area contributed by atoms with Gasteiger partial charge in [-0.2, -0.15) is 5.26 Å². The van der Waals surface area contributed by atoms with Crippen LogP contribution in [0.2, 0.25) is 0 Å². The molecule has 0 unspecified atom stereocenters. The summed E-state index contributed by atoms with van der Waals surface area (Å²) in [7, 11) is 0. The number of hydrogen-bond acceptors (Lipinski definition) is 6. The van der Waals surface area contributed by atoms with Gasteiger partial charge in [0.15, 0.2) is 0 Å². The number of nitriles is 1. The number of anilines is 1. The van der Waals surface area contributed by atoms with Crippen LogP contribution >= 0.6 is 11.3 Å². The SMILES string of the molecule is Cc1nc(CNC(=O)OC(C)(C)C)sc1C(=O)Nc1cccc(C#N)c1. The molecule has 0 saturated heterocycles. The van der Waals surface area contributed by atoms with E-state index in [9.17, 15) is 9.59 Å². The van der Waals surface area contributed by atoms with Crippen LogP contribution in [0.3, 0.4) is 0 Å². The fourth-order valence-electron chi connectivity index (χ4n) is 2.05. The second kappa shape index (κ2) is 7.97. The summed E-state index contributed by atoms with van der Waals surface area (Å²) in [6.07, 6.45) is -0.537. The predicted octanol–water partition coefficient (Wildman–Crippen LogP) is 3.60. The fraction of sp³-hybridized carbons (Fsp3) is 0.333. The van der Waals surface area contributed by atoms with Crippen LogP contribution in [0.15, 0.2) is 24.3 Å². The summed E-state index contributed by atoms with van der Waals surface area (Å²) in [6.45, 7) is 7.25. The van der Waals surface area contributed by atoms with E-state index in [0.29, 0.717) is 26.8 Å². The van der Waals surface area contributed by atoms with E-state index in [-0.39, 0.29) is 12.5 Å². The smallest absolute Gasteiger partial charge is 0.408 e. The Hall–Kier alpha value is -2.92. The summed E-state index contributed by atoms with van der Waals surface area (Å²) in [5.41, 5.74) is 0.998. The third-order valence-electron chi connectivity index (χ3n) is 3.08. The number of thiazole rings is 1. The van der Waals surface area contributed by atoms with E-state index in [1.807, 2.05) is 6.07 Å². The number of ether oxygens (including phenoxy) is 1. The molecule has 0 atom stereocenters. The molecule has 2 N–H and O–H groups in total. The standard InChI is InChI=1S/C18H20N4O3S/c1-11-15(16(23)22-13-7-5-6-12(8-13)9-19)26-14(21-11)10-20-17(24)25-18(2,3)4/h5-8H,10H2,1-4H3,(H,20,24)(H,22,23). The van der Waals surface area contributed by atoms with Crippen molar-refractivity contribution >= 4 is 29.0 Å². The van der Waals surface area contributed by atoms with Gasteiger partial charge in [0.1, 0.15) is 15.5 Å². The third kappa shape index (κ3) is 5.57. The fourth-order valence-corrected chi connectivity index (χ4v) is 2.95. The van der Waals surface area contributed by atoms with Crippen molar-refractivity contribution in [3.8, 4) is 6.07 Å². The molecule has 2 rings (SSSR count). The minimum Gasteiger partial charge on any atom is -0.444 e.